The predicted octanol–water partition coefficient (Wildman–Crippen LogP) is 6.18. The summed E-state index contributed by atoms with van der Waals surface area (Å²) in [4.78, 5) is 55.7. The number of thioether (sulfide) groups is 1. The molecule has 40 heavy (non-hydrogen) atoms. The van der Waals surface area contributed by atoms with Crippen molar-refractivity contribution in [3.05, 3.63) is 107 Å². The molecule has 11 heteroatoms. The van der Waals surface area contributed by atoms with E-state index in [1.165, 1.54) is 21.2 Å². The molecule has 0 bridgehead atoms. The minimum absolute atomic E-state index is 0.199. The van der Waals surface area contributed by atoms with Crippen molar-refractivity contribution in [3.8, 4) is 0 Å². The van der Waals surface area contributed by atoms with Crippen molar-refractivity contribution < 1.29 is 14.4 Å². The summed E-state index contributed by atoms with van der Waals surface area (Å²) in [5.74, 6) is -2.17. The molecule has 3 amide bonds. The second kappa shape index (κ2) is 10.8. The Labute approximate surface area is 254 Å². The number of halogens is 2. The largest absolute Gasteiger partial charge is 0.324 e. The van der Waals surface area contributed by atoms with Crippen molar-refractivity contribution in [1.29, 1.82) is 0 Å². The van der Waals surface area contributed by atoms with Crippen molar-refractivity contribution in [3.63, 3.8) is 0 Å². The molecular weight excluding hydrogens is 678 g/mol. The Balaban J connectivity index is 1.41. The molecule has 1 fully saturated rings. The number of carbonyl (C=O) groups is 3. The van der Waals surface area contributed by atoms with Crippen molar-refractivity contribution in [1.82, 2.24) is 4.57 Å². The Morgan fingerprint density at radius 2 is 1.55 bits per heavy atom. The topological polar surface area (TPSA) is 88.5 Å². The molecule has 2 unspecified atom stereocenters. The SMILES string of the molecule is Cc1ccccc1NC(=O)Cn1c2c(sc1=O)[C@H](c1ccc(Br)cc1)C1C(=O)N(c3ccc(Br)cc3)C(=O)C1S2. The molecule has 0 saturated carbocycles. The second-order valence-corrected chi connectivity index (χ2v) is 13.5. The lowest BCUT2D eigenvalue weighted by atomic mass is 9.83. The lowest BCUT2D eigenvalue weighted by Gasteiger charge is -2.30. The highest BCUT2D eigenvalue weighted by Crippen LogP contribution is 2.54. The zero-order chi connectivity index (χ0) is 28.1. The highest BCUT2D eigenvalue weighted by molar-refractivity contribution is 9.10. The first-order valence-electron chi connectivity index (χ1n) is 12.4. The smallest absolute Gasteiger partial charge is 0.308 e. The maximum Gasteiger partial charge on any atom is 0.308 e. The van der Waals surface area contributed by atoms with Gasteiger partial charge in [-0.2, -0.15) is 0 Å². The van der Waals surface area contributed by atoms with Crippen LogP contribution in [0.25, 0.3) is 0 Å². The predicted molar refractivity (Wildman–Crippen MR) is 164 cm³/mol. The summed E-state index contributed by atoms with van der Waals surface area (Å²) in [6.45, 7) is 1.70. The highest BCUT2D eigenvalue weighted by Gasteiger charge is 2.56. The van der Waals surface area contributed by atoms with Crippen LogP contribution in [0.3, 0.4) is 0 Å². The molecule has 7 nitrogen and oxygen atoms in total. The van der Waals surface area contributed by atoms with Crippen LogP contribution in [0, 0.1) is 12.8 Å². The van der Waals surface area contributed by atoms with E-state index in [-0.39, 0.29) is 29.1 Å². The monoisotopic (exact) mass is 697 g/mol. The van der Waals surface area contributed by atoms with E-state index < -0.39 is 17.1 Å². The molecular formula is C29H21Br2N3O4S2. The summed E-state index contributed by atoms with van der Waals surface area (Å²) in [6, 6.07) is 22.1. The van der Waals surface area contributed by atoms with Crippen LogP contribution in [0.15, 0.2) is 91.6 Å². The fraction of sp³-hybridized carbons (Fsp3) is 0.172. The van der Waals surface area contributed by atoms with Crippen LogP contribution in [0.2, 0.25) is 0 Å². The second-order valence-electron chi connectivity index (χ2n) is 9.57. The third kappa shape index (κ3) is 4.78. The molecule has 0 spiro atoms. The first-order chi connectivity index (χ1) is 19.2. The molecule has 202 valence electrons. The fourth-order valence-corrected chi connectivity index (χ4v) is 8.48. The molecule has 2 aliphatic heterocycles. The number of nitrogens with zero attached hydrogens (tertiary/aromatic N) is 2. The van der Waals surface area contributed by atoms with Gasteiger partial charge in [-0.1, -0.05) is 85.3 Å². The fourth-order valence-electron chi connectivity index (χ4n) is 5.18. The van der Waals surface area contributed by atoms with E-state index in [1.807, 2.05) is 55.5 Å². The van der Waals surface area contributed by atoms with Crippen molar-refractivity contribution >= 4 is 84.1 Å². The number of aromatic nitrogens is 1. The summed E-state index contributed by atoms with van der Waals surface area (Å²) in [5, 5.41) is 2.70. The molecule has 2 aliphatic rings. The van der Waals surface area contributed by atoms with Crippen LogP contribution < -0.4 is 15.1 Å². The van der Waals surface area contributed by atoms with Gasteiger partial charge in [-0.15, -0.1) is 0 Å². The molecule has 3 aromatic carbocycles. The molecule has 3 heterocycles. The van der Waals surface area contributed by atoms with Crippen molar-refractivity contribution in [2.75, 3.05) is 10.2 Å². The number of anilines is 2. The number of amides is 3. The standard InChI is InChI=1S/C29H21Br2N3O4S2/c1-15-4-2-3-5-20(15)32-21(35)14-33-28-25(40-29(33)38)22(16-6-8-17(30)9-7-16)23-24(39-28)27(37)34(26(23)36)19-12-10-18(31)11-13-19/h2-13,22-24H,14H2,1H3,(H,32,35)/t22-,23?,24?/m1/s1. The first-order valence-corrected chi connectivity index (χ1v) is 15.7. The van der Waals surface area contributed by atoms with Crippen LogP contribution in [0.4, 0.5) is 11.4 Å². The molecule has 1 aromatic heterocycles. The number of carbonyl (C=O) groups excluding carboxylic acids is 3. The Bertz CT molecular complexity index is 1720. The number of benzene rings is 3. The van der Waals surface area contributed by atoms with Crippen molar-refractivity contribution in [2.45, 2.75) is 29.7 Å². The van der Waals surface area contributed by atoms with E-state index in [1.54, 1.807) is 24.3 Å². The van der Waals surface area contributed by atoms with Crippen LogP contribution in [0.1, 0.15) is 21.9 Å². The third-order valence-electron chi connectivity index (χ3n) is 7.08. The molecule has 1 saturated heterocycles. The molecule has 3 atom stereocenters. The summed E-state index contributed by atoms with van der Waals surface area (Å²) >= 11 is 9.11. The van der Waals surface area contributed by atoms with Crippen LogP contribution in [0.5, 0.6) is 0 Å². The number of para-hydroxylation sites is 1. The maximum absolute atomic E-state index is 13.9. The zero-order valence-electron chi connectivity index (χ0n) is 21.0. The van der Waals surface area contributed by atoms with Crippen LogP contribution in [-0.4, -0.2) is 27.5 Å². The highest BCUT2D eigenvalue weighted by atomic mass is 79.9. The summed E-state index contributed by atoms with van der Waals surface area (Å²) in [5.41, 5.74) is 2.91. The summed E-state index contributed by atoms with van der Waals surface area (Å²) < 4.78 is 3.15. The number of imide groups is 1. The molecule has 0 aliphatic carbocycles. The molecule has 6 rings (SSSR count). The van der Waals surface area contributed by atoms with E-state index in [0.29, 0.717) is 21.3 Å². The van der Waals surface area contributed by atoms with E-state index in [0.717, 1.165) is 31.4 Å². The van der Waals surface area contributed by atoms with Crippen LogP contribution >= 0.6 is 55.0 Å². The minimum atomic E-state index is -0.739. The van der Waals surface area contributed by atoms with Gasteiger partial charge in [-0.3, -0.25) is 23.7 Å². The van der Waals surface area contributed by atoms with Gasteiger partial charge in [0.15, 0.2) is 0 Å². The zero-order valence-corrected chi connectivity index (χ0v) is 25.8. The molecule has 0 radical (unpaired) electrons. The van der Waals surface area contributed by atoms with Gasteiger partial charge in [0, 0.05) is 25.4 Å². The Morgan fingerprint density at radius 1 is 0.900 bits per heavy atom. The average Bonchev–Trinajstić information content (AvgIpc) is 3.37. The Morgan fingerprint density at radius 3 is 2.23 bits per heavy atom. The number of hydrogen-bond donors (Lipinski definition) is 1. The number of rotatable bonds is 5. The van der Waals surface area contributed by atoms with Gasteiger partial charge in [-0.25, -0.2) is 4.90 Å². The third-order valence-corrected chi connectivity index (χ3v) is 10.7. The minimum Gasteiger partial charge on any atom is -0.324 e. The van der Waals surface area contributed by atoms with Crippen LogP contribution in [-0.2, 0) is 20.9 Å². The Hall–Kier alpha value is -2.99. The molecule has 4 aromatic rings. The van der Waals surface area contributed by atoms with E-state index in [9.17, 15) is 19.2 Å². The summed E-state index contributed by atoms with van der Waals surface area (Å²) in [7, 11) is 0. The van der Waals surface area contributed by atoms with E-state index in [4.69, 9.17) is 0 Å². The van der Waals surface area contributed by atoms with Gasteiger partial charge in [-0.05, 0) is 60.5 Å². The first kappa shape index (κ1) is 27.2. The number of hydrogen-bond acceptors (Lipinski definition) is 6. The average molecular weight is 699 g/mol. The maximum atomic E-state index is 13.9. The quantitative estimate of drug-likeness (QED) is 0.252. The van der Waals surface area contributed by atoms with Gasteiger partial charge in [0.2, 0.25) is 17.7 Å². The molecule has 1 N–H and O–H groups in total. The lowest BCUT2D eigenvalue weighted by molar-refractivity contribution is -0.122. The van der Waals surface area contributed by atoms with Gasteiger partial charge in [0.25, 0.3) is 0 Å². The van der Waals surface area contributed by atoms with Gasteiger partial charge in [0.05, 0.1) is 16.6 Å². The number of nitrogens with one attached hydrogen (secondary N) is 1. The number of aryl methyl sites for hydroxylation is 1. The van der Waals surface area contributed by atoms with Gasteiger partial charge < -0.3 is 5.32 Å². The number of thiazole rings is 1. The van der Waals surface area contributed by atoms with Crippen molar-refractivity contribution in [2.24, 2.45) is 5.92 Å². The lowest BCUT2D eigenvalue weighted by Crippen LogP contribution is -2.33. The van der Waals surface area contributed by atoms with Gasteiger partial charge in [0.1, 0.15) is 11.8 Å². The Kier molecular flexibility index (Phi) is 7.32. The summed E-state index contributed by atoms with van der Waals surface area (Å²) in [6.07, 6.45) is 0. The number of fused-ring (bicyclic) bond motifs is 2. The normalized spacial score (nSPS) is 19.9. The van der Waals surface area contributed by atoms with Gasteiger partial charge >= 0.3 is 4.87 Å². The van der Waals surface area contributed by atoms with E-state index >= 15 is 0 Å². The van der Waals surface area contributed by atoms with E-state index in [2.05, 4.69) is 37.2 Å².